The van der Waals surface area contributed by atoms with Crippen molar-refractivity contribution in [1.29, 1.82) is 0 Å². The maximum Gasteiger partial charge on any atom is 0.303 e. The second-order valence-corrected chi connectivity index (χ2v) is 16.6. The van der Waals surface area contributed by atoms with E-state index in [0.717, 1.165) is 32.1 Å². The molecule has 0 aliphatic heterocycles. The minimum Gasteiger partial charge on any atom is -0.481 e. The van der Waals surface area contributed by atoms with E-state index in [2.05, 4.69) is 88.4 Å². The van der Waals surface area contributed by atoms with Gasteiger partial charge in [0.2, 0.25) is 0 Å². The van der Waals surface area contributed by atoms with Crippen molar-refractivity contribution < 1.29 is 14.3 Å². The summed E-state index contributed by atoms with van der Waals surface area (Å²) >= 11 is 0. The van der Waals surface area contributed by atoms with Crippen LogP contribution in [0.4, 0.5) is 0 Å². The van der Waals surface area contributed by atoms with Crippen molar-refractivity contribution in [3.05, 3.63) is 60.7 Å². The maximum absolute atomic E-state index is 10.8. The number of aliphatic carboxylic acids is 1. The normalized spacial score (nSPS) is 12.9. The van der Waals surface area contributed by atoms with Crippen molar-refractivity contribution in [2.24, 2.45) is 0 Å². The first-order valence-corrected chi connectivity index (χ1v) is 17.7. The molecule has 2 aromatic carbocycles. The topological polar surface area (TPSA) is 46.5 Å². The van der Waals surface area contributed by atoms with Gasteiger partial charge in [-0.3, -0.25) is 4.79 Å². The van der Waals surface area contributed by atoms with Crippen molar-refractivity contribution in [2.75, 3.05) is 0 Å². The molecule has 0 bridgehead atoms. The van der Waals surface area contributed by atoms with E-state index in [1.54, 1.807) is 0 Å². The van der Waals surface area contributed by atoms with Crippen molar-refractivity contribution in [3.63, 3.8) is 0 Å². The Hall–Kier alpha value is -1.91. The van der Waals surface area contributed by atoms with Gasteiger partial charge in [0.15, 0.2) is 0 Å². The Morgan fingerprint density at radius 2 is 1.10 bits per heavy atom. The van der Waals surface area contributed by atoms with Gasteiger partial charge in [-0.05, 0) is 34.7 Å². The van der Waals surface area contributed by atoms with Gasteiger partial charge in [-0.1, -0.05) is 165 Å². The molecule has 0 saturated carbocycles. The van der Waals surface area contributed by atoms with Crippen LogP contribution in [0.3, 0.4) is 0 Å². The fourth-order valence-electron chi connectivity index (χ4n) is 5.89. The van der Waals surface area contributed by atoms with Crippen molar-refractivity contribution >= 4 is 24.7 Å². The number of unbranched alkanes of at least 4 members (excludes halogenated alkanes) is 11. The summed E-state index contributed by atoms with van der Waals surface area (Å²) in [5, 5.41) is 11.6. The monoisotopic (exact) mass is 552 g/mol. The predicted molar refractivity (Wildman–Crippen MR) is 170 cm³/mol. The Morgan fingerprint density at radius 1 is 0.692 bits per heavy atom. The van der Waals surface area contributed by atoms with E-state index in [1.807, 2.05) is 0 Å². The van der Waals surface area contributed by atoms with Crippen molar-refractivity contribution in [3.8, 4) is 0 Å². The third kappa shape index (κ3) is 11.6. The molecule has 4 heteroatoms. The molecule has 2 aromatic rings. The largest absolute Gasteiger partial charge is 0.481 e. The predicted octanol–water partition coefficient (Wildman–Crippen LogP) is 9.28. The zero-order chi connectivity index (χ0) is 28.4. The van der Waals surface area contributed by atoms with Gasteiger partial charge in [0.05, 0.1) is 0 Å². The Labute approximate surface area is 240 Å². The van der Waals surface area contributed by atoms with Gasteiger partial charge >= 0.3 is 5.97 Å². The highest BCUT2D eigenvalue weighted by atomic mass is 28.4. The summed E-state index contributed by atoms with van der Waals surface area (Å²) in [7, 11) is -2.55. The molecule has 3 nitrogen and oxygen atoms in total. The van der Waals surface area contributed by atoms with Crippen LogP contribution in [0.1, 0.15) is 130 Å². The van der Waals surface area contributed by atoms with Gasteiger partial charge in [0.25, 0.3) is 8.32 Å². The third-order valence-electron chi connectivity index (χ3n) is 8.06. The standard InChI is InChI=1S/C35H56O3Si/c1-5-6-7-8-9-12-17-24-31(25-18-13-10-11-14-23-30-34(36)37)38-39(35(2,3)4,32-26-19-15-20-27-32)33-28-21-16-22-29-33/h15-16,19-22,26-29,31H,5-14,17-18,23-25,30H2,1-4H3,(H,36,37). The molecule has 0 fully saturated rings. The quantitative estimate of drug-likeness (QED) is 0.124. The SMILES string of the molecule is CCCCCCCCCC(CCCCCCCCC(=O)O)O[Si](c1ccccc1)(c1ccccc1)C(C)(C)C. The second-order valence-electron chi connectivity index (χ2n) is 12.4. The highest BCUT2D eigenvalue weighted by molar-refractivity contribution is 6.99. The molecule has 1 N–H and O–H groups in total. The van der Waals surface area contributed by atoms with Gasteiger partial charge in [0, 0.05) is 12.5 Å². The van der Waals surface area contributed by atoms with Crippen LogP contribution in [0.5, 0.6) is 0 Å². The molecule has 0 spiro atoms. The lowest BCUT2D eigenvalue weighted by atomic mass is 10.0. The average Bonchev–Trinajstić information content (AvgIpc) is 2.92. The fraction of sp³-hybridized carbons (Fsp3) is 0.629. The van der Waals surface area contributed by atoms with Crippen molar-refractivity contribution in [1.82, 2.24) is 0 Å². The first kappa shape index (κ1) is 33.3. The molecule has 1 unspecified atom stereocenters. The lowest BCUT2D eigenvalue weighted by molar-refractivity contribution is -0.137. The zero-order valence-corrected chi connectivity index (χ0v) is 26.4. The molecule has 0 aliphatic rings. The fourth-order valence-corrected chi connectivity index (χ4v) is 10.6. The van der Waals surface area contributed by atoms with E-state index in [1.165, 1.54) is 74.6 Å². The molecule has 0 amide bonds. The Morgan fingerprint density at radius 3 is 1.51 bits per heavy atom. The summed E-state index contributed by atoms with van der Waals surface area (Å²) in [4.78, 5) is 10.8. The number of benzene rings is 2. The van der Waals surface area contributed by atoms with E-state index in [-0.39, 0.29) is 11.1 Å². The molecule has 1 atom stereocenters. The zero-order valence-electron chi connectivity index (χ0n) is 25.4. The summed E-state index contributed by atoms with van der Waals surface area (Å²) in [6.07, 6.45) is 18.6. The van der Waals surface area contributed by atoms with E-state index in [0.29, 0.717) is 6.42 Å². The molecule has 0 aliphatic carbocycles. The van der Waals surface area contributed by atoms with Gasteiger partial charge in [-0.15, -0.1) is 0 Å². The highest BCUT2D eigenvalue weighted by Gasteiger charge is 2.51. The minimum absolute atomic E-state index is 0.00174. The van der Waals surface area contributed by atoms with Crippen LogP contribution < -0.4 is 10.4 Å². The number of rotatable bonds is 21. The van der Waals surface area contributed by atoms with E-state index in [4.69, 9.17) is 9.53 Å². The molecule has 0 heterocycles. The second kappa shape index (κ2) is 18.4. The molecular formula is C35H56O3Si. The molecule has 39 heavy (non-hydrogen) atoms. The molecule has 0 aromatic heterocycles. The number of carboxylic acid groups (broad SMARTS) is 1. The van der Waals surface area contributed by atoms with Gasteiger partial charge in [-0.2, -0.15) is 0 Å². The average molecular weight is 553 g/mol. The van der Waals surface area contributed by atoms with Gasteiger partial charge < -0.3 is 9.53 Å². The summed E-state index contributed by atoms with van der Waals surface area (Å²) < 4.78 is 7.56. The summed E-state index contributed by atoms with van der Waals surface area (Å²) in [6.45, 7) is 9.41. The molecular weight excluding hydrogens is 496 g/mol. The maximum atomic E-state index is 10.8. The van der Waals surface area contributed by atoms with Crippen LogP contribution in [0.15, 0.2) is 60.7 Å². The molecule has 218 valence electrons. The highest BCUT2D eigenvalue weighted by Crippen LogP contribution is 2.38. The summed E-state index contributed by atoms with van der Waals surface area (Å²) in [5.74, 6) is -0.677. The van der Waals surface area contributed by atoms with Crippen LogP contribution in [0.25, 0.3) is 0 Å². The third-order valence-corrected chi connectivity index (χ3v) is 13.1. The smallest absolute Gasteiger partial charge is 0.303 e. The van der Waals surface area contributed by atoms with E-state index < -0.39 is 14.3 Å². The number of hydrogen-bond donors (Lipinski definition) is 1. The number of carbonyl (C=O) groups is 1. The first-order valence-electron chi connectivity index (χ1n) is 15.8. The van der Waals surface area contributed by atoms with E-state index >= 15 is 0 Å². The molecule has 0 saturated heterocycles. The number of carboxylic acids is 1. The Balaban J connectivity index is 2.15. The Kier molecular flexibility index (Phi) is 15.7. The molecule has 2 rings (SSSR count). The first-order chi connectivity index (χ1) is 18.8. The van der Waals surface area contributed by atoms with Crippen LogP contribution >= 0.6 is 0 Å². The van der Waals surface area contributed by atoms with Gasteiger partial charge in [-0.25, -0.2) is 0 Å². The van der Waals surface area contributed by atoms with Crippen LogP contribution in [0, 0.1) is 0 Å². The van der Waals surface area contributed by atoms with Crippen molar-refractivity contribution in [2.45, 2.75) is 142 Å². The summed E-state index contributed by atoms with van der Waals surface area (Å²) in [6, 6.07) is 22.1. The van der Waals surface area contributed by atoms with Crippen LogP contribution in [-0.4, -0.2) is 25.5 Å². The Bertz CT molecular complexity index is 852. The van der Waals surface area contributed by atoms with Gasteiger partial charge in [0.1, 0.15) is 0 Å². The molecule has 0 radical (unpaired) electrons. The summed E-state index contributed by atoms with van der Waals surface area (Å²) in [5.41, 5.74) is 0. The minimum atomic E-state index is -2.55. The lowest BCUT2D eigenvalue weighted by Gasteiger charge is -2.45. The lowest BCUT2D eigenvalue weighted by Crippen LogP contribution is -2.67. The van der Waals surface area contributed by atoms with Crippen LogP contribution in [-0.2, 0) is 9.22 Å². The van der Waals surface area contributed by atoms with Crippen LogP contribution in [0.2, 0.25) is 5.04 Å². The van der Waals surface area contributed by atoms with E-state index in [9.17, 15) is 4.79 Å². The number of hydrogen-bond acceptors (Lipinski definition) is 2.